The molecule has 2 aromatic carbocycles. The first-order valence-corrected chi connectivity index (χ1v) is 12.2. The van der Waals surface area contributed by atoms with Crippen LogP contribution >= 0.6 is 0 Å². The molecule has 24 heavy (non-hydrogen) atoms. The Labute approximate surface area is 147 Å². The van der Waals surface area contributed by atoms with E-state index in [4.69, 9.17) is 0 Å². The van der Waals surface area contributed by atoms with Crippen LogP contribution in [-0.2, 0) is 0 Å². The lowest BCUT2D eigenvalue weighted by atomic mass is 9.94. The van der Waals surface area contributed by atoms with Gasteiger partial charge in [0.15, 0.2) is 0 Å². The van der Waals surface area contributed by atoms with Crippen LogP contribution in [0.15, 0.2) is 42.0 Å². The van der Waals surface area contributed by atoms with E-state index >= 15 is 0 Å². The second kappa shape index (κ2) is 5.19. The molecule has 0 nitrogen and oxygen atoms in total. The highest BCUT2D eigenvalue weighted by Crippen LogP contribution is 2.51. The summed E-state index contributed by atoms with van der Waals surface area (Å²) in [5, 5.41) is 3.33. The molecule has 4 rings (SSSR count). The van der Waals surface area contributed by atoms with Gasteiger partial charge in [-0.05, 0) is 50.0 Å². The van der Waals surface area contributed by atoms with Crippen molar-refractivity contribution in [2.24, 2.45) is 5.92 Å². The third-order valence-electron chi connectivity index (χ3n) is 5.87. The SMILES string of the molecule is CC(C)C1=C2c3c(ccc(c3-c3ccc(C(C)C)cc3)[Si]2(C)C)[CH]1. The van der Waals surface area contributed by atoms with E-state index in [1.807, 2.05) is 0 Å². The smallest absolute Gasteiger partial charge is 0.0616 e. The summed E-state index contributed by atoms with van der Waals surface area (Å²) in [6.45, 7) is 14.3. The van der Waals surface area contributed by atoms with Gasteiger partial charge >= 0.3 is 0 Å². The van der Waals surface area contributed by atoms with Crippen molar-refractivity contribution in [3.63, 3.8) is 0 Å². The molecule has 2 aliphatic rings. The van der Waals surface area contributed by atoms with Crippen molar-refractivity contribution in [1.29, 1.82) is 0 Å². The monoisotopic (exact) mass is 331 g/mol. The summed E-state index contributed by atoms with van der Waals surface area (Å²) in [6, 6.07) is 14.1. The molecule has 0 saturated carbocycles. The fraction of sp³-hybridized carbons (Fsp3) is 0.348. The van der Waals surface area contributed by atoms with Crippen LogP contribution < -0.4 is 5.19 Å². The molecule has 1 radical (unpaired) electrons. The van der Waals surface area contributed by atoms with Crippen LogP contribution in [0, 0.1) is 12.3 Å². The summed E-state index contributed by atoms with van der Waals surface area (Å²) in [5.41, 5.74) is 8.95. The molecule has 1 heteroatoms. The minimum atomic E-state index is -1.58. The maximum atomic E-state index is 2.53. The number of allylic oxidation sites excluding steroid dienone is 1. The maximum Gasteiger partial charge on any atom is 0.113 e. The van der Waals surface area contributed by atoms with E-state index in [0.717, 1.165) is 0 Å². The molecule has 0 atom stereocenters. The largest absolute Gasteiger partial charge is 0.113 e. The van der Waals surface area contributed by atoms with Crippen LogP contribution in [0.3, 0.4) is 0 Å². The zero-order valence-corrected chi connectivity index (χ0v) is 16.7. The molecule has 1 aliphatic heterocycles. The van der Waals surface area contributed by atoms with Gasteiger partial charge in [0.2, 0.25) is 0 Å². The predicted molar refractivity (Wildman–Crippen MR) is 108 cm³/mol. The number of benzene rings is 2. The molecule has 2 aromatic rings. The molecular formula is C23H27Si. The van der Waals surface area contributed by atoms with E-state index in [0.29, 0.717) is 11.8 Å². The van der Waals surface area contributed by atoms with Gasteiger partial charge in [0.25, 0.3) is 0 Å². The van der Waals surface area contributed by atoms with Gasteiger partial charge in [0, 0.05) is 6.42 Å². The minimum Gasteiger partial charge on any atom is -0.0616 e. The Hall–Kier alpha value is -1.60. The van der Waals surface area contributed by atoms with Gasteiger partial charge in [-0.15, -0.1) is 0 Å². The number of fused-ring (bicyclic) bond motifs is 1. The zero-order chi connectivity index (χ0) is 17.2. The molecule has 1 aliphatic carbocycles. The van der Waals surface area contributed by atoms with E-state index in [-0.39, 0.29) is 0 Å². The van der Waals surface area contributed by atoms with Gasteiger partial charge in [-0.3, -0.25) is 0 Å². The normalized spacial score (nSPS) is 17.5. The van der Waals surface area contributed by atoms with Gasteiger partial charge in [0.1, 0.15) is 8.07 Å². The average molecular weight is 332 g/mol. The molecule has 0 spiro atoms. The number of hydrogen-bond donors (Lipinski definition) is 0. The lowest BCUT2D eigenvalue weighted by molar-refractivity contribution is 0.788. The molecule has 0 saturated heterocycles. The van der Waals surface area contributed by atoms with Crippen molar-refractivity contribution in [2.75, 3.05) is 0 Å². The van der Waals surface area contributed by atoms with Crippen LogP contribution in [0.25, 0.3) is 16.3 Å². The van der Waals surface area contributed by atoms with Crippen molar-refractivity contribution in [2.45, 2.75) is 46.7 Å². The lowest BCUT2D eigenvalue weighted by Crippen LogP contribution is -2.39. The van der Waals surface area contributed by atoms with Crippen LogP contribution in [-0.4, -0.2) is 8.07 Å². The Balaban J connectivity index is 1.95. The van der Waals surface area contributed by atoms with Gasteiger partial charge in [0.05, 0.1) is 0 Å². The highest BCUT2D eigenvalue weighted by molar-refractivity contribution is 7.07. The van der Waals surface area contributed by atoms with E-state index < -0.39 is 8.07 Å². The minimum absolute atomic E-state index is 0.590. The standard InChI is InChI=1S/C23H27Si/c1-14(2)16-7-9-17(10-8-16)21-20-12-11-18-13-19(15(3)4)23(22(18)21)24(20,5)6/h7-15H,1-6H3. The van der Waals surface area contributed by atoms with Crippen molar-refractivity contribution in [3.05, 3.63) is 65.1 Å². The first-order valence-electron chi connectivity index (χ1n) is 9.20. The van der Waals surface area contributed by atoms with Crippen LogP contribution in [0.5, 0.6) is 0 Å². The van der Waals surface area contributed by atoms with Crippen molar-refractivity contribution < 1.29 is 0 Å². The van der Waals surface area contributed by atoms with Gasteiger partial charge in [-0.25, -0.2) is 0 Å². The Morgan fingerprint density at radius 2 is 1.42 bits per heavy atom. The van der Waals surface area contributed by atoms with Gasteiger partial charge in [-0.2, -0.15) is 0 Å². The topological polar surface area (TPSA) is 0 Å². The van der Waals surface area contributed by atoms with E-state index in [1.54, 1.807) is 21.5 Å². The third kappa shape index (κ3) is 2.04. The van der Waals surface area contributed by atoms with Gasteiger partial charge in [-0.1, -0.05) is 82.8 Å². The molecule has 0 N–H and O–H groups in total. The summed E-state index contributed by atoms with van der Waals surface area (Å²) in [6.07, 6.45) is 2.46. The molecule has 0 aromatic heterocycles. The molecule has 123 valence electrons. The second-order valence-corrected chi connectivity index (χ2v) is 12.8. The maximum absolute atomic E-state index is 2.53. The van der Waals surface area contributed by atoms with E-state index in [2.05, 4.69) is 83.6 Å². The van der Waals surface area contributed by atoms with Crippen molar-refractivity contribution in [3.8, 4) is 11.1 Å². The molecule has 0 unspecified atom stereocenters. The molecule has 0 amide bonds. The average Bonchev–Trinajstić information content (AvgIpc) is 3.00. The zero-order valence-electron chi connectivity index (χ0n) is 15.7. The summed E-state index contributed by atoms with van der Waals surface area (Å²) in [5.74, 6) is 1.20. The van der Waals surface area contributed by atoms with Crippen molar-refractivity contribution in [1.82, 2.24) is 0 Å². The molecular weight excluding hydrogens is 304 g/mol. The van der Waals surface area contributed by atoms with Gasteiger partial charge < -0.3 is 0 Å². The Kier molecular flexibility index (Phi) is 3.44. The predicted octanol–water partition coefficient (Wildman–Crippen LogP) is 5.92. The van der Waals surface area contributed by atoms with Crippen LogP contribution in [0.2, 0.25) is 13.1 Å². The highest BCUT2D eigenvalue weighted by atomic mass is 28.3. The summed E-state index contributed by atoms with van der Waals surface area (Å²) in [4.78, 5) is 0. The Morgan fingerprint density at radius 1 is 0.750 bits per heavy atom. The van der Waals surface area contributed by atoms with Crippen LogP contribution in [0.4, 0.5) is 0 Å². The Morgan fingerprint density at radius 3 is 2.00 bits per heavy atom. The first-order chi connectivity index (χ1) is 11.3. The van der Waals surface area contributed by atoms with E-state index in [1.165, 1.54) is 22.3 Å². The molecule has 1 heterocycles. The number of rotatable bonds is 3. The summed E-state index contributed by atoms with van der Waals surface area (Å²) >= 11 is 0. The van der Waals surface area contributed by atoms with Crippen molar-refractivity contribution >= 4 is 18.5 Å². The third-order valence-corrected chi connectivity index (χ3v) is 9.43. The fourth-order valence-corrected chi connectivity index (χ4v) is 8.15. The molecule has 0 fully saturated rings. The summed E-state index contributed by atoms with van der Waals surface area (Å²) < 4.78 is 0. The lowest BCUT2D eigenvalue weighted by Gasteiger charge is -2.23. The summed E-state index contributed by atoms with van der Waals surface area (Å²) in [7, 11) is -1.58. The Bertz CT molecular complexity index is 848. The second-order valence-electron chi connectivity index (χ2n) is 8.48. The highest BCUT2D eigenvalue weighted by Gasteiger charge is 2.45. The van der Waals surface area contributed by atoms with Crippen LogP contribution in [0.1, 0.15) is 50.3 Å². The fourth-order valence-electron chi connectivity index (χ4n) is 4.51. The quantitative estimate of drug-likeness (QED) is 0.612. The van der Waals surface area contributed by atoms with E-state index in [9.17, 15) is 0 Å². The first kappa shape index (κ1) is 15.9. The molecule has 2 bridgehead atoms. The number of hydrogen-bond acceptors (Lipinski definition) is 0.